The lowest BCUT2D eigenvalue weighted by atomic mass is 10.4. The van der Waals surface area contributed by atoms with Crippen LogP contribution >= 0.6 is 11.3 Å². The van der Waals surface area contributed by atoms with Crippen molar-refractivity contribution in [1.29, 1.82) is 0 Å². The van der Waals surface area contributed by atoms with Crippen LogP contribution < -0.4 is 4.74 Å². The average Bonchev–Trinajstić information content (AvgIpc) is 2.48. The standard InChI is InChI=1S/C9H10O3S/c1-6(2)4-12-7-3-8(9(10)11)13-5-7/h3,5H,1,4H2,2H3,(H,10,11). The van der Waals surface area contributed by atoms with Crippen LogP contribution in [0, 0.1) is 0 Å². The summed E-state index contributed by atoms with van der Waals surface area (Å²) >= 11 is 1.16. The molecule has 0 unspecified atom stereocenters. The summed E-state index contributed by atoms with van der Waals surface area (Å²) < 4.78 is 5.25. The lowest BCUT2D eigenvalue weighted by molar-refractivity contribution is 0.0702. The van der Waals surface area contributed by atoms with E-state index in [1.165, 1.54) is 6.07 Å². The van der Waals surface area contributed by atoms with Crippen LogP contribution in [0.4, 0.5) is 0 Å². The highest BCUT2D eigenvalue weighted by Gasteiger charge is 2.06. The van der Waals surface area contributed by atoms with Crippen molar-refractivity contribution in [2.24, 2.45) is 0 Å². The van der Waals surface area contributed by atoms with Crippen molar-refractivity contribution in [2.45, 2.75) is 6.92 Å². The predicted molar refractivity (Wildman–Crippen MR) is 51.6 cm³/mol. The van der Waals surface area contributed by atoms with Crippen molar-refractivity contribution in [3.8, 4) is 5.75 Å². The summed E-state index contributed by atoms with van der Waals surface area (Å²) in [5, 5.41) is 10.3. The van der Waals surface area contributed by atoms with Crippen molar-refractivity contribution in [2.75, 3.05) is 6.61 Å². The van der Waals surface area contributed by atoms with Crippen molar-refractivity contribution in [1.82, 2.24) is 0 Å². The van der Waals surface area contributed by atoms with Crippen molar-refractivity contribution in [3.05, 3.63) is 28.5 Å². The molecule has 0 bridgehead atoms. The van der Waals surface area contributed by atoms with Gasteiger partial charge in [-0.15, -0.1) is 11.3 Å². The Kier molecular flexibility index (Phi) is 3.08. The maximum atomic E-state index is 10.5. The van der Waals surface area contributed by atoms with Gasteiger partial charge in [0.15, 0.2) is 0 Å². The van der Waals surface area contributed by atoms with Gasteiger partial charge >= 0.3 is 5.97 Å². The van der Waals surface area contributed by atoms with Crippen LogP contribution in [0.15, 0.2) is 23.6 Å². The Balaban J connectivity index is 2.59. The van der Waals surface area contributed by atoms with E-state index in [9.17, 15) is 4.79 Å². The van der Waals surface area contributed by atoms with E-state index in [0.717, 1.165) is 16.9 Å². The Bertz CT molecular complexity index is 327. The normalized spacial score (nSPS) is 9.62. The van der Waals surface area contributed by atoms with E-state index in [0.29, 0.717) is 12.4 Å². The summed E-state index contributed by atoms with van der Waals surface area (Å²) in [6.45, 7) is 5.95. The molecule has 0 saturated heterocycles. The number of ether oxygens (including phenoxy) is 1. The number of carboxylic acid groups (broad SMARTS) is 1. The number of carbonyl (C=O) groups is 1. The van der Waals surface area contributed by atoms with E-state index in [1.54, 1.807) is 5.38 Å². The second-order valence-corrected chi connectivity index (χ2v) is 3.61. The highest BCUT2D eigenvalue weighted by Crippen LogP contribution is 2.21. The van der Waals surface area contributed by atoms with Crippen LogP contribution in [0.2, 0.25) is 0 Å². The smallest absolute Gasteiger partial charge is 0.346 e. The molecular formula is C9H10O3S. The minimum Gasteiger partial charge on any atom is -0.488 e. The monoisotopic (exact) mass is 198 g/mol. The van der Waals surface area contributed by atoms with E-state index in [4.69, 9.17) is 9.84 Å². The Labute approximate surface area is 80.3 Å². The molecule has 1 aromatic rings. The summed E-state index contributed by atoms with van der Waals surface area (Å²) in [4.78, 5) is 10.8. The minimum atomic E-state index is -0.921. The molecule has 70 valence electrons. The molecule has 0 aliphatic rings. The number of thiophene rings is 1. The third-order valence-electron chi connectivity index (χ3n) is 1.27. The third kappa shape index (κ3) is 2.91. The molecule has 0 saturated carbocycles. The maximum absolute atomic E-state index is 10.5. The fourth-order valence-corrected chi connectivity index (χ4v) is 1.38. The van der Waals surface area contributed by atoms with Crippen LogP contribution in [-0.2, 0) is 0 Å². The van der Waals surface area contributed by atoms with Gasteiger partial charge in [-0.25, -0.2) is 4.79 Å². The SMILES string of the molecule is C=C(C)COc1csc(C(=O)O)c1. The molecule has 0 atom stereocenters. The molecule has 13 heavy (non-hydrogen) atoms. The zero-order valence-electron chi connectivity index (χ0n) is 7.24. The Hall–Kier alpha value is -1.29. The first kappa shape index (κ1) is 9.80. The molecule has 1 rings (SSSR count). The second kappa shape index (κ2) is 4.09. The largest absolute Gasteiger partial charge is 0.488 e. The molecular weight excluding hydrogens is 188 g/mol. The summed E-state index contributed by atoms with van der Waals surface area (Å²) in [5.41, 5.74) is 0.906. The van der Waals surface area contributed by atoms with Gasteiger partial charge in [0.2, 0.25) is 0 Å². The zero-order valence-corrected chi connectivity index (χ0v) is 8.06. The second-order valence-electron chi connectivity index (χ2n) is 2.70. The van der Waals surface area contributed by atoms with Crippen molar-refractivity contribution >= 4 is 17.3 Å². The van der Waals surface area contributed by atoms with Gasteiger partial charge in [-0.1, -0.05) is 6.58 Å². The van der Waals surface area contributed by atoms with Gasteiger partial charge in [-0.05, 0) is 12.5 Å². The first-order chi connectivity index (χ1) is 6.09. The quantitative estimate of drug-likeness (QED) is 0.755. The highest BCUT2D eigenvalue weighted by atomic mass is 32.1. The van der Waals surface area contributed by atoms with E-state index in [1.807, 2.05) is 6.92 Å². The fourth-order valence-electron chi connectivity index (χ4n) is 0.713. The van der Waals surface area contributed by atoms with E-state index in [2.05, 4.69) is 6.58 Å². The van der Waals surface area contributed by atoms with Gasteiger partial charge in [0.05, 0.1) is 0 Å². The number of carboxylic acids is 1. The van der Waals surface area contributed by atoms with Gasteiger partial charge < -0.3 is 9.84 Å². The Morgan fingerprint density at radius 2 is 2.46 bits per heavy atom. The topological polar surface area (TPSA) is 46.5 Å². The molecule has 0 fully saturated rings. The molecule has 0 aliphatic carbocycles. The zero-order chi connectivity index (χ0) is 9.84. The third-order valence-corrected chi connectivity index (χ3v) is 2.17. The lowest BCUT2D eigenvalue weighted by Crippen LogP contribution is -1.96. The molecule has 1 aromatic heterocycles. The van der Waals surface area contributed by atoms with Crippen molar-refractivity contribution < 1.29 is 14.6 Å². The van der Waals surface area contributed by atoms with Gasteiger partial charge in [0.25, 0.3) is 0 Å². The molecule has 3 nitrogen and oxygen atoms in total. The van der Waals surface area contributed by atoms with Crippen LogP contribution in [-0.4, -0.2) is 17.7 Å². The fraction of sp³-hybridized carbons (Fsp3) is 0.222. The first-order valence-electron chi connectivity index (χ1n) is 3.68. The number of aromatic carboxylic acids is 1. The van der Waals surface area contributed by atoms with Crippen LogP contribution in [0.25, 0.3) is 0 Å². The molecule has 0 spiro atoms. The maximum Gasteiger partial charge on any atom is 0.346 e. The van der Waals surface area contributed by atoms with E-state index >= 15 is 0 Å². The minimum absolute atomic E-state index is 0.289. The van der Waals surface area contributed by atoms with Gasteiger partial charge in [0, 0.05) is 11.4 Å². The van der Waals surface area contributed by atoms with E-state index in [-0.39, 0.29) is 4.88 Å². The van der Waals surface area contributed by atoms with Gasteiger partial charge in [-0.3, -0.25) is 0 Å². The average molecular weight is 198 g/mol. The molecule has 4 heteroatoms. The molecule has 1 N–H and O–H groups in total. The molecule has 0 aliphatic heterocycles. The van der Waals surface area contributed by atoms with Crippen LogP contribution in [0.3, 0.4) is 0 Å². The molecule has 1 heterocycles. The van der Waals surface area contributed by atoms with Crippen LogP contribution in [0.1, 0.15) is 16.6 Å². The number of rotatable bonds is 4. The number of hydrogen-bond acceptors (Lipinski definition) is 3. The first-order valence-corrected chi connectivity index (χ1v) is 4.56. The Morgan fingerprint density at radius 1 is 1.77 bits per heavy atom. The molecule has 0 aromatic carbocycles. The molecule has 0 radical (unpaired) electrons. The summed E-state index contributed by atoms with van der Waals surface area (Å²) in [6, 6.07) is 1.51. The summed E-state index contributed by atoms with van der Waals surface area (Å²) in [7, 11) is 0. The Morgan fingerprint density at radius 3 is 2.92 bits per heavy atom. The summed E-state index contributed by atoms with van der Waals surface area (Å²) in [5.74, 6) is -0.333. The van der Waals surface area contributed by atoms with E-state index < -0.39 is 5.97 Å². The highest BCUT2D eigenvalue weighted by molar-refractivity contribution is 7.12. The van der Waals surface area contributed by atoms with Gasteiger partial charge in [-0.2, -0.15) is 0 Å². The van der Waals surface area contributed by atoms with Crippen LogP contribution in [0.5, 0.6) is 5.75 Å². The number of hydrogen-bond donors (Lipinski definition) is 1. The van der Waals surface area contributed by atoms with Gasteiger partial charge in [0.1, 0.15) is 17.2 Å². The summed E-state index contributed by atoms with van der Waals surface area (Å²) in [6.07, 6.45) is 0. The molecule has 0 amide bonds. The predicted octanol–water partition coefficient (Wildman–Crippen LogP) is 2.40. The lowest BCUT2D eigenvalue weighted by Gasteiger charge is -2.00. The van der Waals surface area contributed by atoms with Crippen molar-refractivity contribution in [3.63, 3.8) is 0 Å².